The highest BCUT2D eigenvalue weighted by Crippen LogP contribution is 2.21. The van der Waals surface area contributed by atoms with Crippen LogP contribution in [0.1, 0.15) is 26.3 Å². The van der Waals surface area contributed by atoms with Gasteiger partial charge in [0.25, 0.3) is 0 Å². The molecule has 1 saturated heterocycles. The third kappa shape index (κ3) is 4.79. The Kier molecular flexibility index (Phi) is 6.16. The van der Waals surface area contributed by atoms with Gasteiger partial charge in [0.05, 0.1) is 6.04 Å². The number of ether oxygens (including phenoxy) is 1. The lowest BCUT2D eigenvalue weighted by Gasteiger charge is -2.25. The molecule has 1 heterocycles. The van der Waals surface area contributed by atoms with Crippen molar-refractivity contribution in [3.8, 4) is 0 Å². The minimum absolute atomic E-state index is 0.0135. The second-order valence-electron chi connectivity index (χ2n) is 6.50. The Morgan fingerprint density at radius 3 is 2.52 bits per heavy atom. The van der Waals surface area contributed by atoms with E-state index in [0.717, 1.165) is 12.1 Å². The number of hydrogen-bond acceptors (Lipinski definition) is 3. The predicted octanol–water partition coefficient (Wildman–Crippen LogP) is 2.38. The summed E-state index contributed by atoms with van der Waals surface area (Å²) in [7, 11) is 0. The summed E-state index contributed by atoms with van der Waals surface area (Å²) in [6, 6.07) is 8.94. The van der Waals surface area contributed by atoms with Gasteiger partial charge in [0.1, 0.15) is 6.61 Å². The highest BCUT2D eigenvalue weighted by Gasteiger charge is 2.36. The molecule has 3 atom stereocenters. The van der Waals surface area contributed by atoms with Crippen LogP contribution in [0.25, 0.3) is 0 Å². The van der Waals surface area contributed by atoms with E-state index in [1.165, 1.54) is 0 Å². The van der Waals surface area contributed by atoms with Crippen LogP contribution in [-0.2, 0) is 16.1 Å². The monoisotopic (exact) mass is 317 g/mol. The summed E-state index contributed by atoms with van der Waals surface area (Å²) >= 11 is 0. The van der Waals surface area contributed by atoms with Crippen LogP contribution in [-0.4, -0.2) is 31.0 Å². The first-order valence-electron chi connectivity index (χ1n) is 8.13. The lowest BCUT2D eigenvalue weighted by Crippen LogP contribution is -2.48. The summed E-state index contributed by atoms with van der Waals surface area (Å²) in [5, 5.41) is 7.03. The van der Waals surface area contributed by atoms with Gasteiger partial charge in [-0.3, -0.25) is 4.79 Å². The quantitative estimate of drug-likeness (QED) is 0.876. The molecule has 1 aromatic rings. The average Bonchev–Trinajstić information content (AvgIpc) is 2.97. The van der Waals surface area contributed by atoms with Gasteiger partial charge in [-0.15, -0.1) is 0 Å². The molecule has 0 saturated carbocycles. The fourth-order valence-corrected chi connectivity index (χ4v) is 2.78. The van der Waals surface area contributed by atoms with E-state index in [1.54, 1.807) is 0 Å². The van der Waals surface area contributed by atoms with Crippen molar-refractivity contribution in [1.29, 1.82) is 0 Å². The van der Waals surface area contributed by atoms with Crippen LogP contribution in [0.3, 0.4) is 0 Å². The van der Waals surface area contributed by atoms with Crippen molar-refractivity contribution in [1.82, 2.24) is 10.6 Å². The number of Topliss-reactive ketones (excluding diaryl/α,β-unsaturated/α-hetero) is 1. The van der Waals surface area contributed by atoms with Crippen molar-refractivity contribution in [3.05, 3.63) is 35.9 Å². The Morgan fingerprint density at radius 2 is 1.96 bits per heavy atom. The van der Waals surface area contributed by atoms with E-state index in [4.69, 9.17) is 4.74 Å². The molecule has 1 N–H and O–H groups in total. The van der Waals surface area contributed by atoms with Gasteiger partial charge in [-0.2, -0.15) is 0 Å². The number of carbonyl (C=O) groups is 2. The molecule has 125 valence electrons. The molecule has 23 heavy (non-hydrogen) atoms. The van der Waals surface area contributed by atoms with E-state index in [-0.39, 0.29) is 30.1 Å². The lowest BCUT2D eigenvalue weighted by atomic mass is 9.86. The van der Waals surface area contributed by atoms with Gasteiger partial charge in [0.2, 0.25) is 0 Å². The molecule has 3 unspecified atom stereocenters. The second-order valence-corrected chi connectivity index (χ2v) is 6.50. The first-order chi connectivity index (χ1) is 11.0. The van der Waals surface area contributed by atoms with Crippen LogP contribution in [0.2, 0.25) is 0 Å². The molecular weight excluding hydrogens is 292 g/mol. The van der Waals surface area contributed by atoms with Crippen molar-refractivity contribution >= 4 is 11.9 Å². The zero-order valence-electron chi connectivity index (χ0n) is 14.0. The first-order valence-corrected chi connectivity index (χ1v) is 8.13. The molecule has 1 radical (unpaired) electrons. The Balaban J connectivity index is 1.90. The van der Waals surface area contributed by atoms with E-state index in [2.05, 4.69) is 10.6 Å². The molecule has 1 aliphatic rings. The number of hydrogen-bond donors (Lipinski definition) is 1. The summed E-state index contributed by atoms with van der Waals surface area (Å²) in [4.78, 5) is 24.7. The Labute approximate surface area is 137 Å². The summed E-state index contributed by atoms with van der Waals surface area (Å²) in [6.07, 6.45) is -0.552. The maximum absolute atomic E-state index is 12.7. The third-order valence-electron chi connectivity index (χ3n) is 4.25. The maximum Gasteiger partial charge on any atom is 0.408 e. The molecule has 2 rings (SSSR count). The van der Waals surface area contributed by atoms with Crippen LogP contribution in [0.5, 0.6) is 0 Å². The first kappa shape index (κ1) is 17.5. The number of alkyl carbamates (subject to hydrolysis) is 1. The second kappa shape index (κ2) is 8.11. The fraction of sp³-hybridized carbons (Fsp3) is 0.556. The average molecular weight is 317 g/mol. The molecule has 1 aromatic carbocycles. The van der Waals surface area contributed by atoms with Gasteiger partial charge < -0.3 is 10.1 Å². The van der Waals surface area contributed by atoms with E-state index in [9.17, 15) is 9.59 Å². The third-order valence-corrected chi connectivity index (χ3v) is 4.25. The molecule has 0 aromatic heterocycles. The van der Waals surface area contributed by atoms with Crippen LogP contribution >= 0.6 is 0 Å². The van der Waals surface area contributed by atoms with E-state index < -0.39 is 12.1 Å². The Bertz CT molecular complexity index is 530. The molecular formula is C18H25N2O3. The maximum atomic E-state index is 12.7. The smallest absolute Gasteiger partial charge is 0.408 e. The standard InChI is InChI=1S/C18H25N2O3/c1-12(2)16(17(21)15-10-19-9-13(15)3)20-18(22)23-11-14-7-5-4-6-8-14/h4-8,12-13,15-16H,9-11H2,1-3H3,(H,20,22). The number of rotatable bonds is 6. The highest BCUT2D eigenvalue weighted by molar-refractivity contribution is 5.90. The SMILES string of the molecule is CC(C)C(NC(=O)OCc1ccccc1)C(=O)C1C[N]CC1C. The van der Waals surface area contributed by atoms with E-state index >= 15 is 0 Å². The molecule has 0 aliphatic carbocycles. The van der Waals surface area contributed by atoms with Crippen molar-refractivity contribution in [3.63, 3.8) is 0 Å². The zero-order chi connectivity index (χ0) is 16.8. The summed E-state index contributed by atoms with van der Waals surface area (Å²) in [6.45, 7) is 7.36. The summed E-state index contributed by atoms with van der Waals surface area (Å²) in [5.41, 5.74) is 0.915. The lowest BCUT2D eigenvalue weighted by molar-refractivity contribution is -0.126. The van der Waals surface area contributed by atoms with Crippen molar-refractivity contribution in [2.45, 2.75) is 33.4 Å². The van der Waals surface area contributed by atoms with Crippen molar-refractivity contribution < 1.29 is 14.3 Å². The van der Waals surface area contributed by atoms with E-state index in [1.807, 2.05) is 51.1 Å². The molecule has 5 heteroatoms. The van der Waals surface area contributed by atoms with Gasteiger partial charge in [-0.1, -0.05) is 51.1 Å². The van der Waals surface area contributed by atoms with Crippen LogP contribution < -0.4 is 10.6 Å². The van der Waals surface area contributed by atoms with Crippen molar-refractivity contribution in [2.75, 3.05) is 13.1 Å². The molecule has 1 aliphatic heterocycles. The van der Waals surface area contributed by atoms with E-state index in [0.29, 0.717) is 6.54 Å². The zero-order valence-corrected chi connectivity index (χ0v) is 14.0. The molecule has 0 spiro atoms. The fourth-order valence-electron chi connectivity index (χ4n) is 2.78. The Morgan fingerprint density at radius 1 is 1.26 bits per heavy atom. The van der Waals surface area contributed by atoms with Gasteiger partial charge in [0.15, 0.2) is 5.78 Å². The summed E-state index contributed by atoms with van der Waals surface area (Å²) in [5.74, 6) is 0.215. The van der Waals surface area contributed by atoms with Crippen molar-refractivity contribution in [2.24, 2.45) is 17.8 Å². The highest BCUT2D eigenvalue weighted by atomic mass is 16.5. The number of benzene rings is 1. The van der Waals surface area contributed by atoms with Crippen LogP contribution in [0.4, 0.5) is 4.79 Å². The number of nitrogens with one attached hydrogen (secondary N) is 1. The largest absolute Gasteiger partial charge is 0.445 e. The summed E-state index contributed by atoms with van der Waals surface area (Å²) < 4.78 is 5.22. The van der Waals surface area contributed by atoms with Gasteiger partial charge in [-0.25, -0.2) is 10.1 Å². The minimum Gasteiger partial charge on any atom is -0.445 e. The number of nitrogens with zero attached hydrogens (tertiary/aromatic N) is 1. The predicted molar refractivity (Wildman–Crippen MR) is 87.9 cm³/mol. The number of amides is 1. The number of carbonyl (C=O) groups excluding carboxylic acids is 2. The number of ketones is 1. The van der Waals surface area contributed by atoms with Gasteiger partial charge in [-0.05, 0) is 17.4 Å². The molecule has 1 amide bonds. The van der Waals surface area contributed by atoms with Crippen LogP contribution in [0.15, 0.2) is 30.3 Å². The molecule has 1 fully saturated rings. The topological polar surface area (TPSA) is 69.5 Å². The molecule has 5 nitrogen and oxygen atoms in total. The molecule has 0 bridgehead atoms. The van der Waals surface area contributed by atoms with Gasteiger partial charge in [0, 0.05) is 19.0 Å². The Hall–Kier alpha value is -1.88. The minimum atomic E-state index is -0.552. The van der Waals surface area contributed by atoms with Gasteiger partial charge >= 0.3 is 6.09 Å². The normalized spacial score (nSPS) is 21.9. The van der Waals surface area contributed by atoms with Crippen LogP contribution in [0, 0.1) is 17.8 Å².